The highest BCUT2D eigenvalue weighted by Crippen LogP contribution is 2.44. The summed E-state index contributed by atoms with van der Waals surface area (Å²) in [7, 11) is 1.75. The summed E-state index contributed by atoms with van der Waals surface area (Å²) >= 11 is 1.22. The van der Waals surface area contributed by atoms with Gasteiger partial charge in [-0.15, -0.1) is 11.3 Å². The number of halogens is 4. The average molecular weight is 548 g/mol. The van der Waals surface area contributed by atoms with Gasteiger partial charge < -0.3 is 15.5 Å². The van der Waals surface area contributed by atoms with Gasteiger partial charge in [0.2, 0.25) is 5.91 Å². The quantitative estimate of drug-likeness (QED) is 0.240. The first-order valence-corrected chi connectivity index (χ1v) is 12.8. The predicted octanol–water partition coefficient (Wildman–Crippen LogP) is 5.24. The van der Waals surface area contributed by atoms with Crippen molar-refractivity contribution >= 4 is 28.5 Å². The van der Waals surface area contributed by atoms with E-state index in [1.807, 2.05) is 6.92 Å². The minimum absolute atomic E-state index is 0.0637. The second-order valence-electron chi connectivity index (χ2n) is 8.91. The summed E-state index contributed by atoms with van der Waals surface area (Å²) in [5, 5.41) is 23.2. The highest BCUT2D eigenvalue weighted by molar-refractivity contribution is 7.12. The van der Waals surface area contributed by atoms with Crippen molar-refractivity contribution in [2.75, 3.05) is 20.1 Å². The van der Waals surface area contributed by atoms with E-state index in [4.69, 9.17) is 5.41 Å². The number of nitriles is 1. The van der Waals surface area contributed by atoms with Crippen molar-refractivity contribution in [1.29, 1.82) is 10.7 Å². The zero-order valence-electron chi connectivity index (χ0n) is 21.5. The largest absolute Gasteiger partial charge is 0.433 e. The van der Waals surface area contributed by atoms with Crippen LogP contribution < -0.4 is 10.6 Å². The van der Waals surface area contributed by atoms with Crippen LogP contribution in [0.5, 0.6) is 0 Å². The van der Waals surface area contributed by atoms with Gasteiger partial charge in [-0.2, -0.15) is 18.4 Å². The van der Waals surface area contributed by atoms with Gasteiger partial charge in [0.15, 0.2) is 0 Å². The van der Waals surface area contributed by atoms with Gasteiger partial charge in [0.05, 0.1) is 6.54 Å². The molecule has 1 aromatic carbocycles. The zero-order valence-corrected chi connectivity index (χ0v) is 22.3. The number of carbonyl (C=O) groups excluding carboxylic acids is 1. The van der Waals surface area contributed by atoms with E-state index in [2.05, 4.69) is 16.7 Å². The maximum Gasteiger partial charge on any atom is 0.433 e. The lowest BCUT2D eigenvalue weighted by Gasteiger charge is -2.34. The predicted molar refractivity (Wildman–Crippen MR) is 141 cm³/mol. The van der Waals surface area contributed by atoms with Crippen molar-refractivity contribution in [3.8, 4) is 6.07 Å². The molecule has 0 aliphatic carbocycles. The van der Waals surface area contributed by atoms with Crippen LogP contribution >= 0.6 is 11.3 Å². The summed E-state index contributed by atoms with van der Waals surface area (Å²) in [6, 6.07) is 6.06. The van der Waals surface area contributed by atoms with Gasteiger partial charge in [-0.1, -0.05) is 18.2 Å². The highest BCUT2D eigenvalue weighted by Gasteiger charge is 2.40. The lowest BCUT2D eigenvalue weighted by molar-refractivity contribution is -0.127. The van der Waals surface area contributed by atoms with Crippen LogP contribution in [0.3, 0.4) is 0 Å². The molecule has 1 aliphatic rings. The summed E-state index contributed by atoms with van der Waals surface area (Å²) in [4.78, 5) is 15.8. The number of thiophene rings is 1. The summed E-state index contributed by atoms with van der Waals surface area (Å²) < 4.78 is 56.5. The fraction of sp³-hybridized carbons (Fsp3) is 0.370. The van der Waals surface area contributed by atoms with E-state index in [1.165, 1.54) is 29.5 Å². The number of rotatable bonds is 8. The first kappa shape index (κ1) is 29.1. The molecule has 11 heteroatoms. The number of amides is 1. The van der Waals surface area contributed by atoms with E-state index < -0.39 is 29.2 Å². The molecule has 0 saturated heterocycles. The molecule has 38 heavy (non-hydrogen) atoms. The lowest BCUT2D eigenvalue weighted by atomic mass is 9.81. The first-order chi connectivity index (χ1) is 17.9. The van der Waals surface area contributed by atoms with E-state index in [-0.39, 0.29) is 42.7 Å². The lowest BCUT2D eigenvalue weighted by Crippen LogP contribution is -2.38. The second kappa shape index (κ2) is 11.9. The topological polar surface area (TPSA) is 92.0 Å². The van der Waals surface area contributed by atoms with Gasteiger partial charge in [-0.3, -0.25) is 10.2 Å². The van der Waals surface area contributed by atoms with E-state index in [0.717, 1.165) is 17.1 Å². The van der Waals surface area contributed by atoms with E-state index in [9.17, 15) is 23.2 Å². The summed E-state index contributed by atoms with van der Waals surface area (Å²) in [5.74, 6) is -1.94. The Morgan fingerprint density at radius 1 is 1.39 bits per heavy atom. The molecule has 1 unspecified atom stereocenters. The van der Waals surface area contributed by atoms with Crippen molar-refractivity contribution < 1.29 is 22.4 Å². The van der Waals surface area contributed by atoms with Crippen molar-refractivity contribution in [1.82, 2.24) is 15.5 Å². The molecule has 0 saturated carbocycles. The van der Waals surface area contributed by atoms with Crippen LogP contribution in [-0.2, 0) is 11.3 Å². The number of allylic oxidation sites excluding steroid dienone is 1. The molecule has 1 aromatic heterocycles. The molecule has 6 nitrogen and oxygen atoms in total. The van der Waals surface area contributed by atoms with Crippen LogP contribution in [0.4, 0.5) is 17.6 Å². The number of nitrogens with zero attached hydrogens (tertiary/aromatic N) is 2. The SMILES string of the molecule is CCN/C=C(\C(=N)C(F)(F)F)c1c(F)cccc1[C@@H]1CN(C(=O)/C=C/C(C)NC)Cc2sc(C#N)c(C)c21. The molecule has 202 valence electrons. The van der Waals surface area contributed by atoms with E-state index in [0.29, 0.717) is 16.0 Å². The van der Waals surface area contributed by atoms with Crippen molar-refractivity contribution in [3.05, 3.63) is 74.4 Å². The number of likely N-dealkylation sites (N-methyl/N-ethyl adjacent to an activating group) is 1. The maximum absolute atomic E-state index is 15.4. The Kier molecular flexibility index (Phi) is 9.12. The molecule has 3 N–H and O–H groups in total. The highest BCUT2D eigenvalue weighted by atomic mass is 32.1. The molecule has 0 radical (unpaired) electrons. The monoisotopic (exact) mass is 547 g/mol. The molecule has 1 aliphatic heterocycles. The number of hydrogen-bond donors (Lipinski definition) is 3. The molecular formula is C27H29F4N5OS. The second-order valence-corrected chi connectivity index (χ2v) is 10.0. The molecule has 0 bridgehead atoms. The molecule has 2 aromatic rings. The summed E-state index contributed by atoms with van der Waals surface area (Å²) in [5.41, 5.74) is -1.10. The van der Waals surface area contributed by atoms with Gasteiger partial charge >= 0.3 is 6.18 Å². The Bertz CT molecular complexity index is 1320. The minimum Gasteiger partial charge on any atom is -0.391 e. The van der Waals surface area contributed by atoms with E-state index in [1.54, 1.807) is 31.9 Å². The van der Waals surface area contributed by atoms with Gasteiger partial charge in [0, 0.05) is 53.3 Å². The maximum atomic E-state index is 15.4. The molecule has 2 atom stereocenters. The summed E-state index contributed by atoms with van der Waals surface area (Å²) in [6.45, 7) is 5.84. The van der Waals surface area contributed by atoms with Crippen LogP contribution in [0.15, 0.2) is 36.6 Å². The standard InChI is InChI=1S/C27H29F4N5OS/c1-5-35-12-18(26(33)27(29,30)31)25-17(7-6-8-20(25)28)19-13-36(23(37)10-9-15(2)34-4)14-22-24(19)16(3)21(11-32)38-22/h6-10,12,15,19,33-35H,5,13-14H2,1-4H3/b10-9+,18-12-,33-26?/t15?,19-/m0/s1. The van der Waals surface area contributed by atoms with Gasteiger partial charge in [0.1, 0.15) is 22.5 Å². The van der Waals surface area contributed by atoms with Crippen molar-refractivity contribution in [2.45, 2.75) is 45.5 Å². The van der Waals surface area contributed by atoms with Crippen LogP contribution in [0.1, 0.15) is 51.8 Å². The molecule has 1 amide bonds. The fourth-order valence-corrected chi connectivity index (χ4v) is 5.59. The third kappa shape index (κ3) is 5.97. The number of fused-ring (bicyclic) bond motifs is 1. The van der Waals surface area contributed by atoms with Crippen molar-refractivity contribution in [2.24, 2.45) is 0 Å². The number of nitrogens with one attached hydrogen (secondary N) is 3. The first-order valence-electron chi connectivity index (χ1n) is 12.0. The number of hydrogen-bond acceptors (Lipinski definition) is 6. The van der Waals surface area contributed by atoms with E-state index >= 15 is 4.39 Å². The average Bonchev–Trinajstić information content (AvgIpc) is 3.21. The Morgan fingerprint density at radius 3 is 2.71 bits per heavy atom. The van der Waals surface area contributed by atoms with Crippen LogP contribution in [0, 0.1) is 29.5 Å². The van der Waals surface area contributed by atoms with Crippen molar-refractivity contribution in [3.63, 3.8) is 0 Å². The molecule has 0 spiro atoms. The smallest absolute Gasteiger partial charge is 0.391 e. The van der Waals surface area contributed by atoms with Crippen LogP contribution in [-0.4, -0.2) is 48.9 Å². The fourth-order valence-electron chi connectivity index (χ4n) is 4.41. The van der Waals surface area contributed by atoms with Crippen LogP contribution in [0.25, 0.3) is 5.57 Å². The summed E-state index contributed by atoms with van der Waals surface area (Å²) in [6.07, 6.45) is -0.880. The Morgan fingerprint density at radius 2 is 2.11 bits per heavy atom. The molecule has 3 rings (SSSR count). The third-order valence-corrected chi connectivity index (χ3v) is 7.64. The zero-order chi connectivity index (χ0) is 28.2. The number of benzene rings is 1. The Labute approximate surface area is 223 Å². The molecule has 0 fully saturated rings. The normalized spacial score (nSPS) is 16.8. The Balaban J connectivity index is 2.23. The van der Waals surface area contributed by atoms with Crippen LogP contribution in [0.2, 0.25) is 0 Å². The third-order valence-electron chi connectivity index (χ3n) is 6.45. The van der Waals surface area contributed by atoms with Gasteiger partial charge in [-0.05, 0) is 50.6 Å². The minimum atomic E-state index is -5.01. The van der Waals surface area contributed by atoms with Gasteiger partial charge in [0.25, 0.3) is 0 Å². The molecular weight excluding hydrogens is 518 g/mol. The Hall–Kier alpha value is -3.49. The number of alkyl halides is 3. The molecule has 2 heterocycles. The van der Waals surface area contributed by atoms with Gasteiger partial charge in [-0.25, -0.2) is 4.39 Å². The number of carbonyl (C=O) groups is 1.